The number of nitrogens with zero attached hydrogens (tertiary/aromatic N) is 1. The quantitative estimate of drug-likeness (QED) is 0.546. The molecule has 2 amide bonds. The van der Waals surface area contributed by atoms with Gasteiger partial charge in [0.1, 0.15) is 5.60 Å². The van der Waals surface area contributed by atoms with Crippen LogP contribution in [0.4, 0.5) is 10.5 Å². The van der Waals surface area contributed by atoms with Crippen molar-refractivity contribution in [2.24, 2.45) is 11.8 Å². The smallest absolute Gasteiger partial charge is 0.337 e. The maximum Gasteiger partial charge on any atom is 0.337 e. The van der Waals surface area contributed by atoms with Gasteiger partial charge in [0.15, 0.2) is 5.79 Å². The molecule has 10 heteroatoms. The Hall–Kier alpha value is -3.47. The Morgan fingerprint density at radius 1 is 1.16 bits per heavy atom. The van der Waals surface area contributed by atoms with Crippen LogP contribution >= 0.6 is 0 Å². The number of pyridine rings is 1. The molecule has 1 aromatic carbocycles. The van der Waals surface area contributed by atoms with E-state index in [1.165, 1.54) is 13.4 Å². The Kier molecular flexibility index (Phi) is 6.89. The SMILES string of the molecule is COC(=O)C1=CO[C@H](OCc2ccccc2)C2C1CC1OC(C)(C)OC12CNC(=O)Nc1cccnc1. The van der Waals surface area contributed by atoms with Crippen molar-refractivity contribution in [3.05, 3.63) is 72.3 Å². The van der Waals surface area contributed by atoms with E-state index in [2.05, 4.69) is 15.6 Å². The lowest BCUT2D eigenvalue weighted by Gasteiger charge is -2.42. The lowest BCUT2D eigenvalue weighted by Crippen LogP contribution is -2.57. The third kappa shape index (κ3) is 5.04. The van der Waals surface area contributed by atoms with E-state index in [4.69, 9.17) is 23.7 Å². The van der Waals surface area contributed by atoms with Gasteiger partial charge in [-0.05, 0) is 38.0 Å². The normalized spacial score (nSPS) is 29.3. The highest BCUT2D eigenvalue weighted by Gasteiger charge is 2.68. The first kappa shape index (κ1) is 25.2. The van der Waals surface area contributed by atoms with E-state index in [1.807, 2.05) is 44.2 Å². The fourth-order valence-corrected chi connectivity index (χ4v) is 5.60. The summed E-state index contributed by atoms with van der Waals surface area (Å²) in [6.45, 7) is 4.07. The minimum atomic E-state index is -1.02. The van der Waals surface area contributed by atoms with Crippen molar-refractivity contribution in [2.75, 3.05) is 19.0 Å². The number of hydrogen-bond acceptors (Lipinski definition) is 8. The number of ether oxygens (including phenoxy) is 5. The molecule has 0 bridgehead atoms. The van der Waals surface area contributed by atoms with Crippen LogP contribution in [0.3, 0.4) is 0 Å². The number of benzene rings is 1. The maximum atomic E-state index is 12.8. The van der Waals surface area contributed by atoms with Gasteiger partial charge in [-0.2, -0.15) is 0 Å². The molecule has 0 radical (unpaired) electrons. The van der Waals surface area contributed by atoms with Gasteiger partial charge in [0.2, 0.25) is 6.29 Å². The van der Waals surface area contributed by atoms with Crippen LogP contribution in [0.5, 0.6) is 0 Å². The molecule has 3 heterocycles. The van der Waals surface area contributed by atoms with Crippen LogP contribution in [0.15, 0.2) is 66.7 Å². The molecular formula is C27H31N3O7. The number of urea groups is 1. The monoisotopic (exact) mass is 509 g/mol. The summed E-state index contributed by atoms with van der Waals surface area (Å²) in [5.74, 6) is -2.16. The predicted molar refractivity (Wildman–Crippen MR) is 132 cm³/mol. The summed E-state index contributed by atoms with van der Waals surface area (Å²) in [5, 5.41) is 5.70. The number of carbonyl (C=O) groups excluding carboxylic acids is 2. The number of methoxy groups -OCH3 is 1. The second-order valence-electron chi connectivity index (χ2n) is 9.85. The zero-order valence-electron chi connectivity index (χ0n) is 21.0. The number of rotatable bonds is 7. The molecule has 37 heavy (non-hydrogen) atoms. The van der Waals surface area contributed by atoms with Crippen molar-refractivity contribution in [1.29, 1.82) is 0 Å². The zero-order valence-corrected chi connectivity index (χ0v) is 21.0. The molecule has 10 nitrogen and oxygen atoms in total. The van der Waals surface area contributed by atoms with Crippen molar-refractivity contribution >= 4 is 17.7 Å². The van der Waals surface area contributed by atoms with E-state index in [9.17, 15) is 9.59 Å². The van der Waals surface area contributed by atoms with E-state index in [0.29, 0.717) is 24.3 Å². The zero-order chi connectivity index (χ0) is 26.0. The number of nitrogens with one attached hydrogen (secondary N) is 2. The summed E-state index contributed by atoms with van der Waals surface area (Å²) >= 11 is 0. The summed E-state index contributed by atoms with van der Waals surface area (Å²) in [7, 11) is 1.34. The highest BCUT2D eigenvalue weighted by atomic mass is 16.8. The van der Waals surface area contributed by atoms with Crippen molar-refractivity contribution in [1.82, 2.24) is 10.3 Å². The van der Waals surface area contributed by atoms with Crippen molar-refractivity contribution in [3.8, 4) is 0 Å². The van der Waals surface area contributed by atoms with Crippen LogP contribution in [0, 0.1) is 11.8 Å². The topological polar surface area (TPSA) is 117 Å². The second kappa shape index (κ2) is 10.1. The number of aromatic nitrogens is 1. The predicted octanol–water partition coefficient (Wildman–Crippen LogP) is 3.36. The van der Waals surface area contributed by atoms with E-state index in [1.54, 1.807) is 24.5 Å². The molecule has 2 aromatic rings. The molecule has 1 saturated heterocycles. The standard InChI is InChI=1S/C27H31N3O7/c1-26(2)36-21-12-19-20(23(31)33-3)15-35-24(34-14-17-8-5-4-6-9-17)22(19)27(21,37-26)16-29-25(32)30-18-10-7-11-28-13-18/h4-11,13,15,19,21-22,24H,12,14,16H2,1-3H3,(H2,29,30,32)/t19?,21?,22?,24-,27?/m0/s1. The molecule has 196 valence electrons. The Balaban J connectivity index is 1.42. The largest absolute Gasteiger partial charge is 0.472 e. The van der Waals surface area contributed by atoms with Gasteiger partial charge < -0.3 is 34.3 Å². The van der Waals surface area contributed by atoms with Gasteiger partial charge in [0, 0.05) is 12.1 Å². The Morgan fingerprint density at radius 3 is 2.70 bits per heavy atom. The first-order chi connectivity index (χ1) is 17.8. The number of amides is 2. The molecule has 2 fully saturated rings. The summed E-state index contributed by atoms with van der Waals surface area (Å²) in [6.07, 6.45) is 3.92. The molecule has 5 rings (SSSR count). The molecule has 4 unspecified atom stereocenters. The number of carbonyl (C=O) groups is 2. The number of anilines is 1. The van der Waals surface area contributed by atoms with Gasteiger partial charge in [-0.25, -0.2) is 9.59 Å². The van der Waals surface area contributed by atoms with Crippen LogP contribution in [-0.4, -0.2) is 54.4 Å². The van der Waals surface area contributed by atoms with E-state index < -0.39 is 41.7 Å². The lowest BCUT2D eigenvalue weighted by molar-refractivity contribution is -0.233. The fraction of sp³-hybridized carbons (Fsp3) is 0.444. The maximum absolute atomic E-state index is 12.8. The van der Waals surface area contributed by atoms with Crippen LogP contribution < -0.4 is 10.6 Å². The lowest BCUT2D eigenvalue weighted by atomic mass is 9.79. The summed E-state index contributed by atoms with van der Waals surface area (Å²) in [4.78, 5) is 29.4. The average Bonchev–Trinajstić information content (AvgIpc) is 3.33. The number of esters is 1. The fourth-order valence-electron chi connectivity index (χ4n) is 5.60. The van der Waals surface area contributed by atoms with Crippen LogP contribution in [0.25, 0.3) is 0 Å². The first-order valence-corrected chi connectivity index (χ1v) is 12.2. The highest BCUT2D eigenvalue weighted by Crippen LogP contribution is 2.57. The van der Waals surface area contributed by atoms with E-state index >= 15 is 0 Å². The minimum Gasteiger partial charge on any atom is -0.472 e. The molecule has 1 aliphatic carbocycles. The third-order valence-corrected chi connectivity index (χ3v) is 7.02. The Morgan fingerprint density at radius 2 is 1.97 bits per heavy atom. The van der Waals surface area contributed by atoms with Gasteiger partial charge in [-0.3, -0.25) is 4.98 Å². The molecule has 2 aliphatic heterocycles. The molecule has 2 N–H and O–H groups in total. The molecule has 0 spiro atoms. The van der Waals surface area contributed by atoms with E-state index in [-0.39, 0.29) is 12.5 Å². The van der Waals surface area contributed by atoms with Gasteiger partial charge in [-0.15, -0.1) is 0 Å². The van der Waals surface area contributed by atoms with Gasteiger partial charge in [0.05, 0.1) is 56.0 Å². The van der Waals surface area contributed by atoms with Crippen molar-refractivity contribution in [2.45, 2.75) is 50.7 Å². The molecule has 1 aromatic heterocycles. The summed E-state index contributed by atoms with van der Waals surface area (Å²) in [6, 6.07) is 12.8. The molecule has 3 aliphatic rings. The average molecular weight is 510 g/mol. The van der Waals surface area contributed by atoms with Crippen LogP contribution in [0.1, 0.15) is 25.8 Å². The van der Waals surface area contributed by atoms with E-state index in [0.717, 1.165) is 5.56 Å². The number of fused-ring (bicyclic) bond motifs is 3. The summed E-state index contributed by atoms with van der Waals surface area (Å²) < 4.78 is 30.1. The van der Waals surface area contributed by atoms with Gasteiger partial charge in [-0.1, -0.05) is 30.3 Å². The third-order valence-electron chi connectivity index (χ3n) is 7.02. The molecule has 1 saturated carbocycles. The van der Waals surface area contributed by atoms with Crippen molar-refractivity contribution in [3.63, 3.8) is 0 Å². The van der Waals surface area contributed by atoms with Crippen LogP contribution in [-0.2, 0) is 35.1 Å². The Labute approximate surface area is 215 Å². The number of hydrogen-bond donors (Lipinski definition) is 2. The summed E-state index contributed by atoms with van der Waals surface area (Å²) in [5.41, 5.74) is 0.913. The van der Waals surface area contributed by atoms with Gasteiger partial charge in [0.25, 0.3) is 0 Å². The molecule has 5 atom stereocenters. The van der Waals surface area contributed by atoms with Crippen LogP contribution in [0.2, 0.25) is 0 Å². The first-order valence-electron chi connectivity index (χ1n) is 12.2. The highest BCUT2D eigenvalue weighted by molar-refractivity contribution is 5.89. The van der Waals surface area contributed by atoms with Crippen molar-refractivity contribution < 1.29 is 33.3 Å². The molecular weight excluding hydrogens is 478 g/mol. The second-order valence-corrected chi connectivity index (χ2v) is 9.85. The van der Waals surface area contributed by atoms with Gasteiger partial charge >= 0.3 is 12.0 Å². The minimum absolute atomic E-state index is 0.109. The Bertz CT molecular complexity index is 1160.